The summed E-state index contributed by atoms with van der Waals surface area (Å²) < 4.78 is 0. The van der Waals surface area contributed by atoms with Crippen molar-refractivity contribution < 1.29 is 4.79 Å². The second-order valence-electron chi connectivity index (χ2n) is 6.62. The minimum absolute atomic E-state index is 0.0806. The predicted molar refractivity (Wildman–Crippen MR) is 84.2 cm³/mol. The monoisotopic (exact) mass is 287 g/mol. The van der Waals surface area contributed by atoms with Crippen LogP contribution in [0, 0.1) is 5.92 Å². The number of carbonyl (C=O) groups excluding carboxylic acids is 1. The van der Waals surface area contributed by atoms with E-state index in [2.05, 4.69) is 34.6 Å². The van der Waals surface area contributed by atoms with Gasteiger partial charge in [0.25, 0.3) is 0 Å². The number of piperidine rings is 1. The lowest BCUT2D eigenvalue weighted by Crippen LogP contribution is -2.53. The Morgan fingerprint density at radius 1 is 1.33 bits per heavy atom. The minimum atomic E-state index is 0.0806. The molecule has 0 atom stereocenters. The van der Waals surface area contributed by atoms with E-state index in [0.29, 0.717) is 0 Å². The molecule has 1 amide bonds. The smallest absolute Gasteiger partial charge is 0.223 e. The maximum atomic E-state index is 12.4. The molecule has 2 heterocycles. The second-order valence-corrected chi connectivity index (χ2v) is 6.62. The Labute approximate surface area is 127 Å². The first-order valence-electron chi connectivity index (χ1n) is 8.03. The van der Waals surface area contributed by atoms with E-state index < -0.39 is 0 Å². The van der Waals surface area contributed by atoms with Gasteiger partial charge < -0.3 is 15.5 Å². The van der Waals surface area contributed by atoms with Crippen molar-refractivity contribution in [2.45, 2.75) is 44.6 Å². The van der Waals surface area contributed by atoms with Crippen molar-refractivity contribution in [2.75, 3.05) is 13.1 Å². The van der Waals surface area contributed by atoms with Crippen molar-refractivity contribution in [3.63, 3.8) is 0 Å². The van der Waals surface area contributed by atoms with Crippen LogP contribution >= 0.6 is 0 Å². The number of nitrogens with zero attached hydrogens (tertiary/aromatic N) is 1. The van der Waals surface area contributed by atoms with E-state index in [1.165, 1.54) is 12.1 Å². The molecule has 0 spiro atoms. The molecule has 2 aliphatic heterocycles. The number of rotatable bonds is 3. The molecule has 0 unspecified atom stereocenters. The molecular formula is C17H25N3O. The van der Waals surface area contributed by atoms with Gasteiger partial charge in [-0.05, 0) is 57.3 Å². The van der Waals surface area contributed by atoms with Crippen LogP contribution in [0.5, 0.6) is 0 Å². The molecule has 4 nitrogen and oxygen atoms in total. The summed E-state index contributed by atoms with van der Waals surface area (Å²) in [6, 6.07) is 0. The third kappa shape index (κ3) is 3.31. The van der Waals surface area contributed by atoms with Crippen LogP contribution in [-0.2, 0) is 4.79 Å². The molecule has 4 heteroatoms. The molecule has 3 rings (SSSR count). The van der Waals surface area contributed by atoms with Gasteiger partial charge in [0, 0.05) is 42.6 Å². The largest absolute Gasteiger partial charge is 0.371 e. The Bertz CT molecular complexity index is 480. The highest BCUT2D eigenvalue weighted by molar-refractivity contribution is 5.79. The van der Waals surface area contributed by atoms with Crippen LogP contribution in [0.1, 0.15) is 39.0 Å². The quantitative estimate of drug-likeness (QED) is 0.837. The first-order valence-corrected chi connectivity index (χ1v) is 8.03. The van der Waals surface area contributed by atoms with Crippen molar-refractivity contribution in [3.05, 3.63) is 36.3 Å². The summed E-state index contributed by atoms with van der Waals surface area (Å²) in [6.07, 6.45) is 15.5. The Balaban J connectivity index is 1.51. The number of amides is 1. The highest BCUT2D eigenvalue weighted by Gasteiger charge is 2.35. The topological polar surface area (TPSA) is 44.4 Å². The van der Waals surface area contributed by atoms with Gasteiger partial charge in [0.05, 0.1) is 0 Å². The molecule has 0 aromatic rings. The second kappa shape index (κ2) is 5.96. The summed E-state index contributed by atoms with van der Waals surface area (Å²) >= 11 is 0. The Morgan fingerprint density at radius 2 is 2.10 bits per heavy atom. The van der Waals surface area contributed by atoms with E-state index in [0.717, 1.165) is 38.8 Å². The lowest BCUT2D eigenvalue weighted by atomic mass is 9.78. The van der Waals surface area contributed by atoms with E-state index in [1.807, 2.05) is 18.5 Å². The number of allylic oxidation sites excluding steroid dienone is 3. The highest BCUT2D eigenvalue weighted by Crippen LogP contribution is 2.32. The van der Waals surface area contributed by atoms with Crippen LogP contribution in [0.3, 0.4) is 0 Å². The molecule has 3 aliphatic rings. The van der Waals surface area contributed by atoms with Crippen LogP contribution in [-0.4, -0.2) is 29.4 Å². The Kier molecular flexibility index (Phi) is 4.04. The summed E-state index contributed by atoms with van der Waals surface area (Å²) in [5.41, 5.74) is 1.30. The number of nitrogens with one attached hydrogen (secondary N) is 2. The number of hydrogen-bond donors (Lipinski definition) is 2. The van der Waals surface area contributed by atoms with Gasteiger partial charge in [-0.3, -0.25) is 4.79 Å². The molecule has 0 aromatic carbocycles. The molecule has 2 N–H and O–H groups in total. The van der Waals surface area contributed by atoms with E-state index >= 15 is 0 Å². The summed E-state index contributed by atoms with van der Waals surface area (Å²) in [5, 5.41) is 6.34. The van der Waals surface area contributed by atoms with Crippen molar-refractivity contribution in [1.29, 1.82) is 0 Å². The van der Waals surface area contributed by atoms with Gasteiger partial charge in [-0.1, -0.05) is 0 Å². The van der Waals surface area contributed by atoms with Crippen LogP contribution in [0.25, 0.3) is 0 Å². The van der Waals surface area contributed by atoms with E-state index in [-0.39, 0.29) is 17.4 Å². The molecule has 0 bridgehead atoms. The molecule has 0 aromatic heterocycles. The van der Waals surface area contributed by atoms with Gasteiger partial charge in [0.15, 0.2) is 0 Å². The maximum absolute atomic E-state index is 12.4. The molecule has 0 radical (unpaired) electrons. The van der Waals surface area contributed by atoms with Crippen LogP contribution in [0.4, 0.5) is 0 Å². The van der Waals surface area contributed by atoms with Crippen LogP contribution in [0.15, 0.2) is 36.3 Å². The van der Waals surface area contributed by atoms with Gasteiger partial charge in [-0.2, -0.15) is 0 Å². The minimum Gasteiger partial charge on any atom is -0.371 e. The van der Waals surface area contributed by atoms with Crippen LogP contribution in [0.2, 0.25) is 0 Å². The number of hydrogen-bond acceptors (Lipinski definition) is 3. The highest BCUT2D eigenvalue weighted by atomic mass is 16.2. The lowest BCUT2D eigenvalue weighted by Gasteiger charge is -2.41. The van der Waals surface area contributed by atoms with Gasteiger partial charge in [-0.25, -0.2) is 0 Å². The number of carbonyl (C=O) groups is 1. The van der Waals surface area contributed by atoms with E-state index in [9.17, 15) is 4.79 Å². The zero-order valence-corrected chi connectivity index (χ0v) is 12.8. The lowest BCUT2D eigenvalue weighted by molar-refractivity contribution is -0.129. The Morgan fingerprint density at radius 3 is 2.76 bits per heavy atom. The van der Waals surface area contributed by atoms with Gasteiger partial charge >= 0.3 is 0 Å². The summed E-state index contributed by atoms with van der Waals surface area (Å²) in [4.78, 5) is 14.7. The van der Waals surface area contributed by atoms with Crippen LogP contribution < -0.4 is 10.6 Å². The third-order valence-electron chi connectivity index (χ3n) is 4.92. The van der Waals surface area contributed by atoms with Crippen molar-refractivity contribution in [2.24, 2.45) is 5.92 Å². The molecule has 1 saturated carbocycles. The summed E-state index contributed by atoms with van der Waals surface area (Å²) in [6.45, 7) is 4.08. The van der Waals surface area contributed by atoms with E-state index in [1.54, 1.807) is 0 Å². The first kappa shape index (κ1) is 14.2. The van der Waals surface area contributed by atoms with Gasteiger partial charge in [-0.15, -0.1) is 0 Å². The SMILES string of the molecule is CC1(NC(=O)C2CCN(C3=CC=CNC=C3)CC2)CCC1. The van der Waals surface area contributed by atoms with E-state index in [4.69, 9.17) is 0 Å². The van der Waals surface area contributed by atoms with Crippen molar-refractivity contribution >= 4 is 5.91 Å². The zero-order chi connectivity index (χ0) is 14.7. The average Bonchev–Trinajstić information content (AvgIpc) is 2.75. The molecule has 1 saturated heterocycles. The first-order chi connectivity index (χ1) is 10.2. The fourth-order valence-corrected chi connectivity index (χ4v) is 3.29. The van der Waals surface area contributed by atoms with Gasteiger partial charge in [0.2, 0.25) is 5.91 Å². The predicted octanol–water partition coefficient (Wildman–Crippen LogP) is 2.27. The fourth-order valence-electron chi connectivity index (χ4n) is 3.29. The standard InChI is InChI=1S/C17H25N3O/c1-17(8-3-9-17)19-16(21)14-6-12-20(13-7-14)15-4-2-10-18-11-5-15/h2,4-5,10-11,14,18H,3,6-9,12-13H2,1H3,(H,19,21). The molecule has 2 fully saturated rings. The molecule has 1 aliphatic carbocycles. The van der Waals surface area contributed by atoms with Crippen molar-refractivity contribution in [3.8, 4) is 0 Å². The molecule has 21 heavy (non-hydrogen) atoms. The average molecular weight is 287 g/mol. The summed E-state index contributed by atoms with van der Waals surface area (Å²) in [5.74, 6) is 0.450. The third-order valence-corrected chi connectivity index (χ3v) is 4.92. The number of likely N-dealkylation sites (tertiary alicyclic amines) is 1. The Hall–Kier alpha value is -1.71. The van der Waals surface area contributed by atoms with Gasteiger partial charge in [0.1, 0.15) is 0 Å². The normalized spacial score (nSPS) is 24.6. The summed E-state index contributed by atoms with van der Waals surface area (Å²) in [7, 11) is 0. The fraction of sp³-hybridized carbons (Fsp3) is 0.588. The molecule has 114 valence electrons. The maximum Gasteiger partial charge on any atom is 0.223 e. The van der Waals surface area contributed by atoms with Crippen molar-refractivity contribution in [1.82, 2.24) is 15.5 Å². The molecular weight excluding hydrogens is 262 g/mol. The zero-order valence-electron chi connectivity index (χ0n) is 12.8.